The number of aliphatic hydroxyl groups excluding tert-OH is 1. The Labute approximate surface area is 110 Å². The van der Waals surface area contributed by atoms with Crippen molar-refractivity contribution in [2.75, 3.05) is 11.9 Å². The smallest absolute Gasteiger partial charge is 0.339 e. The van der Waals surface area contributed by atoms with Crippen LogP contribution in [0.2, 0.25) is 5.15 Å². The normalized spacial score (nSPS) is 23.0. The maximum absolute atomic E-state index is 11.0. The molecule has 1 aliphatic carbocycles. The number of aromatic carboxylic acids is 1. The van der Waals surface area contributed by atoms with Gasteiger partial charge in [0.15, 0.2) is 0 Å². The molecule has 1 saturated carbocycles. The summed E-state index contributed by atoms with van der Waals surface area (Å²) in [5.74, 6) is -0.643. The highest BCUT2D eigenvalue weighted by Gasteiger charge is 2.25. The number of nitrogens with one attached hydrogen (secondary N) is 1. The van der Waals surface area contributed by atoms with Crippen LogP contribution >= 0.6 is 11.6 Å². The Morgan fingerprint density at radius 3 is 2.89 bits per heavy atom. The molecule has 1 aromatic heterocycles. The number of carboxylic acids is 1. The lowest BCUT2D eigenvalue weighted by Gasteiger charge is -2.16. The van der Waals surface area contributed by atoms with Gasteiger partial charge in [-0.1, -0.05) is 18.0 Å². The summed E-state index contributed by atoms with van der Waals surface area (Å²) in [7, 11) is 0. The Morgan fingerprint density at radius 2 is 2.28 bits per heavy atom. The molecule has 1 fully saturated rings. The highest BCUT2D eigenvalue weighted by Crippen LogP contribution is 2.26. The number of anilines is 1. The van der Waals surface area contributed by atoms with Gasteiger partial charge in [-0.25, -0.2) is 9.78 Å². The lowest BCUT2D eigenvalue weighted by molar-refractivity contribution is 0.0697. The van der Waals surface area contributed by atoms with Crippen molar-refractivity contribution in [3.8, 4) is 0 Å². The second-order valence-electron chi connectivity index (χ2n) is 4.47. The average Bonchev–Trinajstić information content (AvgIpc) is 2.72. The first-order valence-electron chi connectivity index (χ1n) is 5.89. The second kappa shape index (κ2) is 5.54. The fraction of sp³-hybridized carbons (Fsp3) is 0.500. The number of hydrogen-bond acceptors (Lipinski definition) is 4. The molecule has 2 unspecified atom stereocenters. The summed E-state index contributed by atoms with van der Waals surface area (Å²) >= 11 is 5.75. The number of pyridine rings is 1. The summed E-state index contributed by atoms with van der Waals surface area (Å²) in [6, 6.07) is 2.87. The molecule has 0 radical (unpaired) electrons. The number of rotatable bonds is 4. The van der Waals surface area contributed by atoms with Crippen LogP contribution in [0.3, 0.4) is 0 Å². The first kappa shape index (κ1) is 13.1. The second-order valence-corrected chi connectivity index (χ2v) is 4.86. The summed E-state index contributed by atoms with van der Waals surface area (Å²) < 4.78 is 0. The van der Waals surface area contributed by atoms with Crippen LogP contribution in [0.15, 0.2) is 12.1 Å². The average molecular weight is 271 g/mol. The van der Waals surface area contributed by atoms with Crippen LogP contribution in [0.25, 0.3) is 0 Å². The minimum atomic E-state index is -1.05. The number of aromatic nitrogens is 1. The molecule has 1 aliphatic rings. The zero-order valence-corrected chi connectivity index (χ0v) is 10.5. The van der Waals surface area contributed by atoms with Crippen molar-refractivity contribution >= 4 is 23.4 Å². The number of nitrogens with zero attached hydrogens (tertiary/aromatic N) is 1. The highest BCUT2D eigenvalue weighted by atomic mass is 35.5. The van der Waals surface area contributed by atoms with Crippen molar-refractivity contribution in [1.29, 1.82) is 0 Å². The molecule has 0 aromatic carbocycles. The van der Waals surface area contributed by atoms with Crippen molar-refractivity contribution in [3.05, 3.63) is 22.8 Å². The number of hydrogen-bond donors (Lipinski definition) is 3. The lowest BCUT2D eigenvalue weighted by Crippen LogP contribution is -2.23. The zero-order valence-electron chi connectivity index (χ0n) is 9.77. The van der Waals surface area contributed by atoms with Gasteiger partial charge in [0.25, 0.3) is 0 Å². The topological polar surface area (TPSA) is 82.5 Å². The molecule has 0 aliphatic heterocycles. The summed E-state index contributed by atoms with van der Waals surface area (Å²) in [6.45, 7) is 0.509. The first-order chi connectivity index (χ1) is 8.58. The van der Waals surface area contributed by atoms with E-state index in [0.29, 0.717) is 6.54 Å². The van der Waals surface area contributed by atoms with Crippen LogP contribution in [-0.4, -0.2) is 33.8 Å². The van der Waals surface area contributed by atoms with Gasteiger partial charge in [0.05, 0.1) is 6.10 Å². The Balaban J connectivity index is 2.08. The summed E-state index contributed by atoms with van der Waals surface area (Å²) in [5, 5.41) is 21.9. The van der Waals surface area contributed by atoms with Crippen LogP contribution in [0.5, 0.6) is 0 Å². The molecule has 98 valence electrons. The lowest BCUT2D eigenvalue weighted by atomic mass is 10.1. The van der Waals surface area contributed by atoms with E-state index in [-0.39, 0.29) is 28.6 Å². The van der Waals surface area contributed by atoms with E-state index in [1.54, 1.807) is 0 Å². The fourth-order valence-corrected chi connectivity index (χ4v) is 2.37. The van der Waals surface area contributed by atoms with Crippen LogP contribution in [0, 0.1) is 5.92 Å². The Kier molecular flexibility index (Phi) is 4.04. The van der Waals surface area contributed by atoms with Gasteiger partial charge in [0, 0.05) is 12.5 Å². The molecule has 0 spiro atoms. The van der Waals surface area contributed by atoms with E-state index in [0.717, 1.165) is 19.3 Å². The van der Waals surface area contributed by atoms with Gasteiger partial charge in [-0.2, -0.15) is 0 Å². The van der Waals surface area contributed by atoms with Gasteiger partial charge < -0.3 is 15.5 Å². The van der Waals surface area contributed by atoms with E-state index >= 15 is 0 Å². The van der Waals surface area contributed by atoms with Crippen molar-refractivity contribution in [1.82, 2.24) is 4.98 Å². The minimum Gasteiger partial charge on any atom is -0.478 e. The van der Waals surface area contributed by atoms with E-state index in [2.05, 4.69) is 10.3 Å². The van der Waals surface area contributed by atoms with E-state index in [1.807, 2.05) is 0 Å². The van der Waals surface area contributed by atoms with Crippen molar-refractivity contribution in [2.45, 2.75) is 25.4 Å². The summed E-state index contributed by atoms with van der Waals surface area (Å²) in [5.41, 5.74) is 0.0897. The van der Waals surface area contributed by atoms with Gasteiger partial charge >= 0.3 is 5.97 Å². The standard InChI is InChI=1S/C12H15ClN2O3/c13-10-5-4-8(12(17)18)11(15-10)14-6-7-2-1-3-9(7)16/h4-5,7,9,16H,1-3,6H2,(H,14,15)(H,17,18). The maximum atomic E-state index is 11.0. The SMILES string of the molecule is O=C(O)c1ccc(Cl)nc1NCC1CCCC1O. The maximum Gasteiger partial charge on any atom is 0.339 e. The summed E-state index contributed by atoms with van der Waals surface area (Å²) in [4.78, 5) is 15.0. The molecule has 5 nitrogen and oxygen atoms in total. The van der Waals surface area contributed by atoms with E-state index in [1.165, 1.54) is 12.1 Å². The first-order valence-corrected chi connectivity index (χ1v) is 6.27. The van der Waals surface area contributed by atoms with Crippen molar-refractivity contribution < 1.29 is 15.0 Å². The Bertz CT molecular complexity index is 453. The third-order valence-electron chi connectivity index (χ3n) is 3.24. The predicted molar refractivity (Wildman–Crippen MR) is 68.0 cm³/mol. The minimum absolute atomic E-state index is 0.0897. The summed E-state index contributed by atoms with van der Waals surface area (Å²) in [6.07, 6.45) is 2.44. The van der Waals surface area contributed by atoms with Gasteiger partial charge in [-0.15, -0.1) is 0 Å². The van der Waals surface area contributed by atoms with E-state index in [9.17, 15) is 9.90 Å². The molecule has 2 atom stereocenters. The van der Waals surface area contributed by atoms with E-state index in [4.69, 9.17) is 16.7 Å². The Hall–Kier alpha value is -1.33. The monoisotopic (exact) mass is 270 g/mol. The van der Waals surface area contributed by atoms with Crippen LogP contribution in [0.1, 0.15) is 29.6 Å². The van der Waals surface area contributed by atoms with Gasteiger partial charge in [0.1, 0.15) is 16.5 Å². The van der Waals surface area contributed by atoms with E-state index < -0.39 is 5.97 Å². The number of carbonyl (C=O) groups is 1. The molecule has 0 bridgehead atoms. The molecule has 6 heteroatoms. The highest BCUT2D eigenvalue weighted by molar-refractivity contribution is 6.29. The molecular weight excluding hydrogens is 256 g/mol. The molecule has 1 aromatic rings. The molecule has 1 heterocycles. The Morgan fingerprint density at radius 1 is 1.50 bits per heavy atom. The number of halogens is 1. The molecule has 3 N–H and O–H groups in total. The largest absolute Gasteiger partial charge is 0.478 e. The third kappa shape index (κ3) is 2.91. The third-order valence-corrected chi connectivity index (χ3v) is 3.45. The van der Waals surface area contributed by atoms with Crippen LogP contribution in [0.4, 0.5) is 5.82 Å². The molecule has 18 heavy (non-hydrogen) atoms. The molecule has 2 rings (SSSR count). The van der Waals surface area contributed by atoms with Crippen molar-refractivity contribution in [3.63, 3.8) is 0 Å². The number of carboxylic acid groups (broad SMARTS) is 1. The number of aliphatic hydroxyl groups is 1. The molecule has 0 saturated heterocycles. The van der Waals surface area contributed by atoms with Gasteiger partial charge in [0.2, 0.25) is 0 Å². The predicted octanol–water partition coefficient (Wildman–Crippen LogP) is 2.01. The molecular formula is C12H15ClN2O3. The van der Waals surface area contributed by atoms with Crippen LogP contribution < -0.4 is 5.32 Å². The van der Waals surface area contributed by atoms with Gasteiger partial charge in [-0.05, 0) is 25.0 Å². The van der Waals surface area contributed by atoms with Crippen LogP contribution in [-0.2, 0) is 0 Å². The van der Waals surface area contributed by atoms with Crippen molar-refractivity contribution in [2.24, 2.45) is 5.92 Å². The molecule has 0 amide bonds. The zero-order chi connectivity index (χ0) is 13.1. The fourth-order valence-electron chi connectivity index (χ4n) is 2.23. The van der Waals surface area contributed by atoms with Gasteiger partial charge in [-0.3, -0.25) is 0 Å². The quantitative estimate of drug-likeness (QED) is 0.729.